The maximum Gasteiger partial charge on any atom is 0.263 e. The number of benzene rings is 1. The molecule has 0 spiro atoms. The minimum absolute atomic E-state index is 0.0470. The van der Waals surface area contributed by atoms with Crippen molar-refractivity contribution in [3.05, 3.63) is 41.6 Å². The van der Waals surface area contributed by atoms with Crippen LogP contribution < -0.4 is 4.72 Å². The highest BCUT2D eigenvalue weighted by Gasteiger charge is 2.19. The number of aryl methyl sites for hydroxylation is 1. The van der Waals surface area contributed by atoms with Crippen molar-refractivity contribution in [2.45, 2.75) is 18.4 Å². The minimum atomic E-state index is -3.89. The Hall–Kier alpha value is -2.84. The second kappa shape index (κ2) is 5.65. The van der Waals surface area contributed by atoms with Gasteiger partial charge in [0.2, 0.25) is 0 Å². The van der Waals surface area contributed by atoms with Crippen LogP contribution >= 0.6 is 0 Å². The lowest BCUT2D eigenvalue weighted by Crippen LogP contribution is -2.17. The first kappa shape index (κ1) is 14.6. The average molecular weight is 301 g/mol. The van der Waals surface area contributed by atoms with Crippen LogP contribution in [-0.2, 0) is 16.6 Å². The molecule has 0 saturated carbocycles. The third kappa shape index (κ3) is 2.86. The molecule has 0 atom stereocenters. The van der Waals surface area contributed by atoms with Gasteiger partial charge in [-0.05, 0) is 25.1 Å². The summed E-state index contributed by atoms with van der Waals surface area (Å²) in [6, 6.07) is 9.40. The Morgan fingerprint density at radius 2 is 2.10 bits per heavy atom. The summed E-state index contributed by atoms with van der Waals surface area (Å²) in [5, 5.41) is 21.8. The molecule has 0 aliphatic heterocycles. The summed E-state index contributed by atoms with van der Waals surface area (Å²) in [6.07, 6.45) is 1.30. The monoisotopic (exact) mass is 301 g/mol. The van der Waals surface area contributed by atoms with E-state index in [9.17, 15) is 8.42 Å². The first-order chi connectivity index (χ1) is 10.0. The zero-order chi connectivity index (χ0) is 15.5. The minimum Gasteiger partial charge on any atom is -0.262 e. The third-order valence-corrected chi connectivity index (χ3v) is 4.10. The normalized spacial score (nSPS) is 10.6. The molecule has 0 amide bonds. The number of nitrogens with one attached hydrogen (secondary N) is 1. The van der Waals surface area contributed by atoms with Crippen molar-refractivity contribution in [1.82, 2.24) is 9.78 Å². The van der Waals surface area contributed by atoms with Gasteiger partial charge >= 0.3 is 0 Å². The number of nitrogens with zero attached hydrogens (tertiary/aromatic N) is 4. The number of rotatable bonds is 4. The molecule has 21 heavy (non-hydrogen) atoms. The number of hydrogen-bond acceptors (Lipinski definition) is 5. The molecule has 0 saturated heterocycles. The summed E-state index contributed by atoms with van der Waals surface area (Å²) < 4.78 is 28.4. The Morgan fingerprint density at radius 3 is 2.71 bits per heavy atom. The predicted octanol–water partition coefficient (Wildman–Crippen LogP) is 1.45. The van der Waals surface area contributed by atoms with Gasteiger partial charge in [-0.25, -0.2) is 13.1 Å². The van der Waals surface area contributed by atoms with Crippen molar-refractivity contribution in [3.8, 4) is 12.1 Å². The molecule has 1 aromatic carbocycles. The summed E-state index contributed by atoms with van der Waals surface area (Å²) in [5.74, 6) is 0.113. The fourth-order valence-electron chi connectivity index (χ4n) is 1.73. The van der Waals surface area contributed by atoms with Gasteiger partial charge in [0.1, 0.15) is 11.6 Å². The standard InChI is InChI=1S/C13H11N5O2S/c1-2-18-13(11(8-15)9-16-18)17-21(19,20)12-5-3-4-10(6-12)7-14/h3-6,9,17H,2H2,1H3. The van der Waals surface area contributed by atoms with Crippen LogP contribution in [0.4, 0.5) is 5.82 Å². The second-order valence-corrected chi connectivity index (χ2v) is 5.76. The maximum atomic E-state index is 12.3. The Morgan fingerprint density at radius 1 is 1.33 bits per heavy atom. The van der Waals surface area contributed by atoms with Crippen LogP contribution in [0, 0.1) is 22.7 Å². The molecule has 0 aliphatic carbocycles. The van der Waals surface area contributed by atoms with Gasteiger partial charge in [0.15, 0.2) is 5.82 Å². The molecular weight excluding hydrogens is 290 g/mol. The first-order valence-corrected chi connectivity index (χ1v) is 7.49. The lowest BCUT2D eigenvalue weighted by atomic mass is 10.2. The van der Waals surface area contributed by atoms with Gasteiger partial charge in [-0.3, -0.25) is 4.72 Å². The fraction of sp³-hybridized carbons (Fsp3) is 0.154. The van der Waals surface area contributed by atoms with Crippen molar-refractivity contribution < 1.29 is 8.42 Å². The van der Waals surface area contributed by atoms with E-state index in [1.807, 2.05) is 12.1 Å². The third-order valence-electron chi connectivity index (χ3n) is 2.76. The lowest BCUT2D eigenvalue weighted by Gasteiger charge is -2.10. The molecule has 1 N–H and O–H groups in total. The number of nitriles is 2. The van der Waals surface area contributed by atoms with E-state index in [0.29, 0.717) is 6.54 Å². The summed E-state index contributed by atoms with van der Waals surface area (Å²) >= 11 is 0. The van der Waals surface area contributed by atoms with E-state index < -0.39 is 10.0 Å². The van der Waals surface area contributed by atoms with E-state index in [0.717, 1.165) is 0 Å². The number of aromatic nitrogens is 2. The van der Waals surface area contributed by atoms with Crippen LogP contribution in [0.2, 0.25) is 0 Å². The molecule has 8 heteroatoms. The van der Waals surface area contributed by atoms with E-state index in [4.69, 9.17) is 10.5 Å². The second-order valence-electron chi connectivity index (χ2n) is 4.08. The van der Waals surface area contributed by atoms with Gasteiger partial charge in [0.05, 0.1) is 22.7 Å². The molecule has 0 aliphatic rings. The van der Waals surface area contributed by atoms with Crippen LogP contribution in [0.3, 0.4) is 0 Å². The smallest absolute Gasteiger partial charge is 0.262 e. The summed E-state index contributed by atoms with van der Waals surface area (Å²) in [7, 11) is -3.89. The first-order valence-electron chi connectivity index (χ1n) is 6.00. The topological polar surface area (TPSA) is 112 Å². The summed E-state index contributed by atoms with van der Waals surface area (Å²) in [5.41, 5.74) is 0.374. The molecule has 1 heterocycles. The molecule has 0 unspecified atom stereocenters. The van der Waals surface area contributed by atoms with Gasteiger partial charge in [-0.2, -0.15) is 15.6 Å². The van der Waals surface area contributed by atoms with Gasteiger partial charge in [-0.1, -0.05) is 6.07 Å². The highest BCUT2D eigenvalue weighted by atomic mass is 32.2. The van der Waals surface area contributed by atoms with Crippen LogP contribution in [-0.4, -0.2) is 18.2 Å². The van der Waals surface area contributed by atoms with E-state index in [1.165, 1.54) is 35.1 Å². The van der Waals surface area contributed by atoms with Crippen molar-refractivity contribution in [1.29, 1.82) is 10.5 Å². The van der Waals surface area contributed by atoms with E-state index >= 15 is 0 Å². The van der Waals surface area contributed by atoms with Crippen LogP contribution in [0.15, 0.2) is 35.4 Å². The zero-order valence-corrected chi connectivity index (χ0v) is 11.9. The largest absolute Gasteiger partial charge is 0.263 e. The van der Waals surface area contributed by atoms with E-state index in [2.05, 4.69) is 9.82 Å². The number of hydrogen-bond donors (Lipinski definition) is 1. The van der Waals surface area contributed by atoms with Crippen LogP contribution in [0.25, 0.3) is 0 Å². The molecular formula is C13H11N5O2S. The molecule has 0 bridgehead atoms. The summed E-state index contributed by atoms with van der Waals surface area (Å²) in [6.45, 7) is 2.19. The lowest BCUT2D eigenvalue weighted by molar-refractivity contribution is 0.599. The Balaban J connectivity index is 2.45. The van der Waals surface area contributed by atoms with Gasteiger partial charge < -0.3 is 0 Å². The highest BCUT2D eigenvalue weighted by Crippen LogP contribution is 2.20. The number of sulfonamides is 1. The Bertz CT molecular complexity index is 855. The van der Waals surface area contributed by atoms with Gasteiger partial charge in [-0.15, -0.1) is 0 Å². The maximum absolute atomic E-state index is 12.3. The SMILES string of the molecule is CCn1ncc(C#N)c1NS(=O)(=O)c1cccc(C#N)c1. The molecule has 2 rings (SSSR count). The van der Waals surface area contributed by atoms with E-state index in [-0.39, 0.29) is 21.8 Å². The molecule has 0 fully saturated rings. The number of anilines is 1. The Labute approximate surface area is 122 Å². The van der Waals surface area contributed by atoms with Crippen LogP contribution in [0.1, 0.15) is 18.1 Å². The average Bonchev–Trinajstić information content (AvgIpc) is 2.88. The fourth-order valence-corrected chi connectivity index (χ4v) is 2.86. The van der Waals surface area contributed by atoms with Crippen molar-refractivity contribution in [3.63, 3.8) is 0 Å². The van der Waals surface area contributed by atoms with E-state index in [1.54, 1.807) is 6.92 Å². The quantitative estimate of drug-likeness (QED) is 0.918. The molecule has 2 aromatic rings. The Kier molecular flexibility index (Phi) is 3.92. The van der Waals surface area contributed by atoms with Gasteiger partial charge in [0, 0.05) is 6.54 Å². The van der Waals surface area contributed by atoms with Gasteiger partial charge in [0.25, 0.3) is 10.0 Å². The van der Waals surface area contributed by atoms with Crippen molar-refractivity contribution in [2.75, 3.05) is 4.72 Å². The molecule has 0 radical (unpaired) electrons. The zero-order valence-electron chi connectivity index (χ0n) is 11.1. The van der Waals surface area contributed by atoms with Crippen molar-refractivity contribution >= 4 is 15.8 Å². The van der Waals surface area contributed by atoms with Crippen molar-refractivity contribution in [2.24, 2.45) is 0 Å². The van der Waals surface area contributed by atoms with Crippen LogP contribution in [0.5, 0.6) is 0 Å². The molecule has 7 nitrogen and oxygen atoms in total. The molecule has 106 valence electrons. The summed E-state index contributed by atoms with van der Waals surface area (Å²) in [4.78, 5) is -0.0470. The molecule has 1 aromatic heterocycles. The highest BCUT2D eigenvalue weighted by molar-refractivity contribution is 7.92. The predicted molar refractivity (Wildman–Crippen MR) is 74.6 cm³/mol.